The van der Waals surface area contributed by atoms with Crippen molar-refractivity contribution in [3.63, 3.8) is 0 Å². The molecule has 3 heterocycles. The molecule has 1 aliphatic heterocycles. The predicted molar refractivity (Wildman–Crippen MR) is 93.6 cm³/mol. The third-order valence-electron chi connectivity index (χ3n) is 5.71. The van der Waals surface area contributed by atoms with Crippen LogP contribution in [0.2, 0.25) is 0 Å². The van der Waals surface area contributed by atoms with Crippen molar-refractivity contribution in [1.82, 2.24) is 19.4 Å². The van der Waals surface area contributed by atoms with Crippen LogP contribution in [0, 0.1) is 5.92 Å². The van der Waals surface area contributed by atoms with E-state index in [2.05, 4.69) is 9.97 Å². The van der Waals surface area contributed by atoms with E-state index in [4.69, 9.17) is 0 Å². The fourth-order valence-electron chi connectivity index (χ4n) is 4.40. The van der Waals surface area contributed by atoms with Crippen LogP contribution in [0.4, 0.5) is 0 Å². The van der Waals surface area contributed by atoms with Crippen LogP contribution in [0.15, 0.2) is 21.9 Å². The van der Waals surface area contributed by atoms with Crippen LogP contribution in [0.3, 0.4) is 0 Å². The molecular weight excluding hydrogens is 320 g/mol. The van der Waals surface area contributed by atoms with Crippen LogP contribution in [0.5, 0.6) is 0 Å². The summed E-state index contributed by atoms with van der Waals surface area (Å²) in [5.74, 6) is 0.543. The van der Waals surface area contributed by atoms with E-state index in [9.17, 15) is 14.4 Å². The van der Waals surface area contributed by atoms with Crippen molar-refractivity contribution in [3.05, 3.63) is 38.7 Å². The van der Waals surface area contributed by atoms with Gasteiger partial charge in [-0.2, -0.15) is 0 Å². The number of nitrogens with zero attached hydrogens (tertiary/aromatic N) is 3. The highest BCUT2D eigenvalue weighted by atomic mass is 16.2. The van der Waals surface area contributed by atoms with Crippen LogP contribution in [0.1, 0.15) is 48.9 Å². The van der Waals surface area contributed by atoms with Crippen LogP contribution >= 0.6 is 0 Å². The first kappa shape index (κ1) is 16.1. The number of aryl methyl sites for hydroxylation is 1. The molecule has 0 unspecified atom stereocenters. The highest BCUT2D eigenvalue weighted by molar-refractivity contribution is 5.97. The van der Waals surface area contributed by atoms with Crippen molar-refractivity contribution >= 4 is 16.9 Å². The van der Waals surface area contributed by atoms with Gasteiger partial charge in [-0.25, -0.2) is 9.78 Å². The maximum atomic E-state index is 13.0. The lowest BCUT2D eigenvalue weighted by atomic mass is 9.95. The molecule has 1 N–H and O–H groups in total. The Morgan fingerprint density at radius 3 is 2.72 bits per heavy atom. The molecule has 132 valence electrons. The summed E-state index contributed by atoms with van der Waals surface area (Å²) in [6, 6.07) is 1.87. The van der Waals surface area contributed by atoms with E-state index >= 15 is 0 Å². The molecule has 2 fully saturated rings. The van der Waals surface area contributed by atoms with E-state index in [1.807, 2.05) is 4.90 Å². The molecule has 7 nitrogen and oxygen atoms in total. The Bertz CT molecular complexity index is 939. The average molecular weight is 342 g/mol. The Balaban J connectivity index is 1.70. The lowest BCUT2D eigenvalue weighted by molar-refractivity contribution is 0.0689. The Kier molecular flexibility index (Phi) is 3.94. The number of amides is 1. The van der Waals surface area contributed by atoms with Crippen LogP contribution in [-0.2, 0) is 7.05 Å². The summed E-state index contributed by atoms with van der Waals surface area (Å²) < 4.78 is 1.28. The first-order valence-electron chi connectivity index (χ1n) is 8.96. The number of pyridine rings is 1. The lowest BCUT2D eigenvalue weighted by Gasteiger charge is -2.29. The minimum atomic E-state index is -0.509. The molecule has 1 amide bonds. The second-order valence-corrected chi connectivity index (χ2v) is 7.17. The van der Waals surface area contributed by atoms with Gasteiger partial charge in [-0.1, -0.05) is 12.8 Å². The highest BCUT2D eigenvalue weighted by Gasteiger charge is 2.36. The molecule has 1 saturated carbocycles. The van der Waals surface area contributed by atoms with Gasteiger partial charge in [0.05, 0.1) is 10.9 Å². The first-order chi connectivity index (χ1) is 12.1. The summed E-state index contributed by atoms with van der Waals surface area (Å²) in [6.07, 6.45) is 8.48. The van der Waals surface area contributed by atoms with Crippen LogP contribution in [-0.4, -0.2) is 37.9 Å². The van der Waals surface area contributed by atoms with Crippen LogP contribution < -0.4 is 11.2 Å². The molecule has 1 atom stereocenters. The molecule has 2 aliphatic rings. The van der Waals surface area contributed by atoms with Gasteiger partial charge in [0.2, 0.25) is 0 Å². The summed E-state index contributed by atoms with van der Waals surface area (Å²) in [5, 5.41) is 0.268. The van der Waals surface area contributed by atoms with Crippen LogP contribution in [0.25, 0.3) is 11.0 Å². The largest absolute Gasteiger partial charge is 0.335 e. The van der Waals surface area contributed by atoms with E-state index < -0.39 is 11.2 Å². The third kappa shape index (κ3) is 2.67. The zero-order valence-corrected chi connectivity index (χ0v) is 14.3. The Hall–Kier alpha value is -2.44. The summed E-state index contributed by atoms with van der Waals surface area (Å²) >= 11 is 0. The van der Waals surface area contributed by atoms with Gasteiger partial charge in [-0.3, -0.25) is 19.1 Å². The molecule has 1 saturated heterocycles. The number of nitrogens with one attached hydrogen (secondary N) is 1. The van der Waals surface area contributed by atoms with Gasteiger partial charge in [0.1, 0.15) is 5.65 Å². The lowest BCUT2D eigenvalue weighted by Crippen LogP contribution is -2.39. The predicted octanol–water partition coefficient (Wildman–Crippen LogP) is 1.42. The summed E-state index contributed by atoms with van der Waals surface area (Å²) in [7, 11) is 1.55. The number of hydrogen-bond donors (Lipinski definition) is 1. The van der Waals surface area contributed by atoms with E-state index in [0.717, 1.165) is 19.4 Å². The summed E-state index contributed by atoms with van der Waals surface area (Å²) in [6.45, 7) is 0.766. The fourth-order valence-corrected chi connectivity index (χ4v) is 4.40. The summed E-state index contributed by atoms with van der Waals surface area (Å²) in [4.78, 5) is 45.2. The number of carbonyl (C=O) groups excluding carboxylic acids is 1. The van der Waals surface area contributed by atoms with Gasteiger partial charge >= 0.3 is 5.69 Å². The van der Waals surface area contributed by atoms with Crippen molar-refractivity contribution < 1.29 is 4.79 Å². The number of rotatable bonds is 2. The Morgan fingerprint density at radius 2 is 1.96 bits per heavy atom. The van der Waals surface area contributed by atoms with Gasteiger partial charge in [-0.05, 0) is 37.7 Å². The van der Waals surface area contributed by atoms with Gasteiger partial charge in [0.25, 0.3) is 11.5 Å². The third-order valence-corrected chi connectivity index (χ3v) is 5.71. The van der Waals surface area contributed by atoms with E-state index in [1.54, 1.807) is 13.1 Å². The number of likely N-dealkylation sites (tertiary alicyclic amines) is 1. The number of aromatic nitrogens is 3. The van der Waals surface area contributed by atoms with E-state index in [1.165, 1.54) is 36.4 Å². The minimum absolute atomic E-state index is 0.0583. The number of hydrogen-bond acceptors (Lipinski definition) is 4. The SMILES string of the molecule is Cn1c(=O)[nH]c(=O)c2cc(C(=O)N3CCC[C@H]3C3CCCC3)cnc21. The highest BCUT2D eigenvalue weighted by Crippen LogP contribution is 2.36. The smallest absolute Gasteiger partial charge is 0.329 e. The number of aromatic amines is 1. The molecule has 0 spiro atoms. The molecule has 0 radical (unpaired) electrons. The maximum absolute atomic E-state index is 13.0. The normalized spacial score (nSPS) is 21.3. The van der Waals surface area contributed by atoms with Gasteiger partial charge in [-0.15, -0.1) is 0 Å². The first-order valence-corrected chi connectivity index (χ1v) is 8.96. The van der Waals surface area contributed by atoms with Gasteiger partial charge in [0.15, 0.2) is 0 Å². The molecule has 2 aromatic heterocycles. The Labute approximate surface area is 144 Å². The van der Waals surface area contributed by atoms with Gasteiger partial charge < -0.3 is 4.90 Å². The molecule has 7 heteroatoms. The molecule has 0 bridgehead atoms. The quantitative estimate of drug-likeness (QED) is 0.894. The molecule has 25 heavy (non-hydrogen) atoms. The van der Waals surface area contributed by atoms with Crippen molar-refractivity contribution in [2.45, 2.75) is 44.6 Å². The summed E-state index contributed by atoms with van der Waals surface area (Å²) in [5.41, 5.74) is -0.306. The van der Waals surface area contributed by atoms with Crippen molar-refractivity contribution in [2.24, 2.45) is 13.0 Å². The zero-order valence-electron chi connectivity index (χ0n) is 14.3. The number of fused-ring (bicyclic) bond motifs is 1. The number of H-pyrrole nitrogens is 1. The minimum Gasteiger partial charge on any atom is -0.335 e. The second kappa shape index (κ2) is 6.13. The fraction of sp³-hybridized carbons (Fsp3) is 0.556. The monoisotopic (exact) mass is 342 g/mol. The Morgan fingerprint density at radius 1 is 1.20 bits per heavy atom. The van der Waals surface area contributed by atoms with E-state index in [0.29, 0.717) is 23.2 Å². The number of carbonyl (C=O) groups is 1. The topological polar surface area (TPSA) is 88.1 Å². The van der Waals surface area contributed by atoms with Crippen molar-refractivity contribution in [1.29, 1.82) is 0 Å². The van der Waals surface area contributed by atoms with E-state index in [-0.39, 0.29) is 11.3 Å². The molecule has 0 aromatic carbocycles. The van der Waals surface area contributed by atoms with Crippen molar-refractivity contribution in [2.75, 3.05) is 6.54 Å². The molecule has 2 aromatic rings. The van der Waals surface area contributed by atoms with Crippen molar-refractivity contribution in [3.8, 4) is 0 Å². The molecule has 1 aliphatic carbocycles. The molecule has 4 rings (SSSR count). The molecular formula is C18H22N4O3. The average Bonchev–Trinajstić information content (AvgIpc) is 3.29. The second-order valence-electron chi connectivity index (χ2n) is 7.17. The zero-order chi connectivity index (χ0) is 17.6. The van der Waals surface area contributed by atoms with Gasteiger partial charge in [0, 0.05) is 25.8 Å². The standard InChI is InChI=1S/C18H22N4O3/c1-21-15-13(16(23)20-18(21)25)9-12(10-19-15)17(24)22-8-4-7-14(22)11-5-2-3-6-11/h9-11,14H,2-8H2,1H3,(H,20,23,25)/t14-/m0/s1. The maximum Gasteiger partial charge on any atom is 0.329 e.